The van der Waals surface area contributed by atoms with Crippen molar-refractivity contribution in [2.45, 2.75) is 26.9 Å². The Hall–Kier alpha value is -1.56. The summed E-state index contributed by atoms with van der Waals surface area (Å²) in [6, 6.07) is -0.360. The number of aromatic nitrogens is 2. The molecule has 2 heterocycles. The number of hydrogen-bond acceptors (Lipinski definition) is 3. The van der Waals surface area contributed by atoms with Crippen LogP contribution in [0, 0.1) is 5.92 Å². The van der Waals surface area contributed by atoms with Gasteiger partial charge < -0.3 is 20.1 Å². The highest BCUT2D eigenvalue weighted by Crippen LogP contribution is 2.16. The van der Waals surface area contributed by atoms with Crippen molar-refractivity contribution in [1.82, 2.24) is 19.4 Å². The number of hydrogen-bond donors (Lipinski definition) is 1. The number of carbonyl (C=O) groups excluding carboxylic acids is 1. The average molecular weight is 265 g/mol. The van der Waals surface area contributed by atoms with Crippen LogP contribution < -0.4 is 5.73 Å². The number of fused-ring (bicyclic) bond motifs is 1. The van der Waals surface area contributed by atoms with Gasteiger partial charge in [-0.1, -0.05) is 13.8 Å². The smallest absolute Gasteiger partial charge is 0.315 e. The van der Waals surface area contributed by atoms with Crippen LogP contribution in [0.25, 0.3) is 0 Å². The molecule has 0 aliphatic carbocycles. The second-order valence-corrected chi connectivity index (χ2v) is 5.07. The highest BCUT2D eigenvalue weighted by atomic mass is 16.2. The average Bonchev–Trinajstić information content (AvgIpc) is 2.74. The summed E-state index contributed by atoms with van der Waals surface area (Å²) in [5, 5.41) is 0. The minimum Gasteiger partial charge on any atom is -0.351 e. The lowest BCUT2D eigenvalue weighted by Crippen LogP contribution is -2.41. The van der Waals surface area contributed by atoms with E-state index in [1.54, 1.807) is 11.1 Å². The molecule has 6 nitrogen and oxygen atoms in total. The number of amides is 2. The molecule has 0 radical (unpaired) electrons. The van der Waals surface area contributed by atoms with Gasteiger partial charge in [-0.3, -0.25) is 0 Å². The third kappa shape index (κ3) is 3.26. The summed E-state index contributed by atoms with van der Waals surface area (Å²) in [6.07, 6.45) is 3.77. The number of imidazole rings is 1. The Balaban J connectivity index is 2.13. The van der Waals surface area contributed by atoms with E-state index < -0.39 is 0 Å². The summed E-state index contributed by atoms with van der Waals surface area (Å²) in [6.45, 7) is 9.47. The first-order valence-corrected chi connectivity index (χ1v) is 6.90. The van der Waals surface area contributed by atoms with Crippen molar-refractivity contribution in [3.63, 3.8) is 0 Å². The van der Waals surface area contributed by atoms with E-state index in [0.717, 1.165) is 32.0 Å². The fourth-order valence-corrected chi connectivity index (χ4v) is 2.67. The maximum atomic E-state index is 11.5. The van der Waals surface area contributed by atoms with Gasteiger partial charge in [0.1, 0.15) is 5.82 Å². The van der Waals surface area contributed by atoms with Crippen molar-refractivity contribution >= 4 is 6.03 Å². The lowest BCUT2D eigenvalue weighted by atomic mass is 10.1. The second-order valence-electron chi connectivity index (χ2n) is 5.07. The largest absolute Gasteiger partial charge is 0.351 e. The van der Waals surface area contributed by atoms with E-state index in [9.17, 15) is 4.79 Å². The molecule has 1 aromatic heterocycles. The van der Waals surface area contributed by atoms with Crippen LogP contribution in [0.15, 0.2) is 12.4 Å². The van der Waals surface area contributed by atoms with Gasteiger partial charge in [-0.25, -0.2) is 9.78 Å². The minimum atomic E-state index is -0.360. The lowest BCUT2D eigenvalue weighted by molar-refractivity contribution is 0.177. The van der Waals surface area contributed by atoms with Crippen molar-refractivity contribution in [2.75, 3.05) is 26.2 Å². The summed E-state index contributed by atoms with van der Waals surface area (Å²) in [5.41, 5.74) is 5.46. The van der Waals surface area contributed by atoms with Crippen molar-refractivity contribution in [3.05, 3.63) is 18.2 Å². The van der Waals surface area contributed by atoms with Crippen LogP contribution in [0.3, 0.4) is 0 Å². The highest BCUT2D eigenvalue weighted by molar-refractivity contribution is 5.71. The number of carbonyl (C=O) groups is 1. The lowest BCUT2D eigenvalue weighted by Gasteiger charge is -2.27. The van der Waals surface area contributed by atoms with Crippen LogP contribution in [-0.4, -0.2) is 51.6 Å². The normalized spacial score (nSPS) is 19.3. The van der Waals surface area contributed by atoms with Gasteiger partial charge in [-0.2, -0.15) is 0 Å². The van der Waals surface area contributed by atoms with E-state index in [2.05, 4.69) is 28.3 Å². The van der Waals surface area contributed by atoms with Gasteiger partial charge in [-0.15, -0.1) is 0 Å². The van der Waals surface area contributed by atoms with E-state index in [4.69, 9.17) is 5.73 Å². The zero-order valence-corrected chi connectivity index (χ0v) is 11.7. The molecule has 0 fully saturated rings. The molecule has 19 heavy (non-hydrogen) atoms. The predicted octanol–water partition coefficient (Wildman–Crippen LogP) is 0.735. The molecule has 106 valence electrons. The Kier molecular flexibility index (Phi) is 4.42. The van der Waals surface area contributed by atoms with Crippen molar-refractivity contribution in [3.8, 4) is 0 Å². The number of primary amides is 1. The molecular formula is C13H23N5O. The molecule has 0 spiro atoms. The van der Waals surface area contributed by atoms with E-state index in [-0.39, 0.29) is 6.03 Å². The minimum absolute atomic E-state index is 0.360. The van der Waals surface area contributed by atoms with Crippen molar-refractivity contribution in [1.29, 1.82) is 0 Å². The van der Waals surface area contributed by atoms with Crippen LogP contribution in [0.1, 0.15) is 19.7 Å². The van der Waals surface area contributed by atoms with E-state index in [1.807, 2.05) is 6.20 Å². The van der Waals surface area contributed by atoms with Crippen molar-refractivity contribution < 1.29 is 4.79 Å². The summed E-state index contributed by atoms with van der Waals surface area (Å²) >= 11 is 0. The number of rotatable bonds is 4. The molecule has 1 unspecified atom stereocenters. The van der Waals surface area contributed by atoms with Crippen LogP contribution in [0.5, 0.6) is 0 Å². The quantitative estimate of drug-likeness (QED) is 0.873. The van der Waals surface area contributed by atoms with Gasteiger partial charge in [0, 0.05) is 37.9 Å². The van der Waals surface area contributed by atoms with Gasteiger partial charge >= 0.3 is 6.03 Å². The zero-order chi connectivity index (χ0) is 13.8. The van der Waals surface area contributed by atoms with Crippen molar-refractivity contribution in [2.24, 2.45) is 11.7 Å². The fourth-order valence-electron chi connectivity index (χ4n) is 2.67. The van der Waals surface area contributed by atoms with Gasteiger partial charge in [0.2, 0.25) is 0 Å². The summed E-state index contributed by atoms with van der Waals surface area (Å²) in [5.74, 6) is 1.31. The molecule has 1 atom stereocenters. The molecule has 0 saturated carbocycles. The topological polar surface area (TPSA) is 67.4 Å². The number of nitrogens with two attached hydrogens (primary N) is 1. The van der Waals surface area contributed by atoms with Gasteiger partial charge in [0.25, 0.3) is 0 Å². The first kappa shape index (κ1) is 13.9. The molecule has 0 saturated heterocycles. The van der Waals surface area contributed by atoms with E-state index in [0.29, 0.717) is 19.0 Å². The SMILES string of the molecule is CCN(CC)CC1CN(C(N)=O)Cc2nccn2C1. The second kappa shape index (κ2) is 6.06. The van der Waals surface area contributed by atoms with Crippen LogP contribution in [-0.2, 0) is 13.1 Å². The third-order valence-corrected chi connectivity index (χ3v) is 3.79. The molecule has 1 aliphatic heterocycles. The Morgan fingerprint density at radius 1 is 1.47 bits per heavy atom. The zero-order valence-electron chi connectivity index (χ0n) is 11.7. The Morgan fingerprint density at radius 3 is 2.84 bits per heavy atom. The highest BCUT2D eigenvalue weighted by Gasteiger charge is 2.25. The first-order chi connectivity index (χ1) is 9.13. The van der Waals surface area contributed by atoms with Gasteiger partial charge in [-0.05, 0) is 13.1 Å². The van der Waals surface area contributed by atoms with E-state index in [1.165, 1.54) is 0 Å². The monoisotopic (exact) mass is 265 g/mol. The summed E-state index contributed by atoms with van der Waals surface area (Å²) < 4.78 is 2.14. The first-order valence-electron chi connectivity index (χ1n) is 6.90. The van der Waals surface area contributed by atoms with Gasteiger partial charge in [0.05, 0.1) is 6.54 Å². The Bertz CT molecular complexity index is 426. The Labute approximate surface area is 114 Å². The number of urea groups is 1. The molecule has 6 heteroatoms. The van der Waals surface area contributed by atoms with Crippen LogP contribution in [0.4, 0.5) is 4.79 Å². The standard InChI is InChI=1S/C13H23N5O/c1-3-16(4-2)7-11-8-17-6-5-15-12(17)10-18(9-11)13(14)19/h5-6,11H,3-4,7-10H2,1-2H3,(H2,14,19). The molecular weight excluding hydrogens is 242 g/mol. The fraction of sp³-hybridized carbons (Fsp3) is 0.692. The molecule has 2 amide bonds. The van der Waals surface area contributed by atoms with Crippen LogP contribution >= 0.6 is 0 Å². The maximum absolute atomic E-state index is 11.5. The molecule has 2 N–H and O–H groups in total. The predicted molar refractivity (Wildman–Crippen MR) is 73.5 cm³/mol. The molecule has 0 aromatic carbocycles. The summed E-state index contributed by atoms with van der Waals surface area (Å²) in [4.78, 5) is 19.9. The molecule has 1 aromatic rings. The molecule has 2 rings (SSSR count). The van der Waals surface area contributed by atoms with Crippen LogP contribution in [0.2, 0.25) is 0 Å². The van der Waals surface area contributed by atoms with Gasteiger partial charge in [0.15, 0.2) is 0 Å². The van der Waals surface area contributed by atoms with E-state index >= 15 is 0 Å². The summed E-state index contributed by atoms with van der Waals surface area (Å²) in [7, 11) is 0. The Morgan fingerprint density at radius 2 is 2.21 bits per heavy atom. The third-order valence-electron chi connectivity index (χ3n) is 3.79. The molecule has 0 bridgehead atoms. The maximum Gasteiger partial charge on any atom is 0.315 e. The number of nitrogens with zero attached hydrogens (tertiary/aromatic N) is 4. The molecule has 1 aliphatic rings.